The summed E-state index contributed by atoms with van der Waals surface area (Å²) in [6.07, 6.45) is 2.68. The van der Waals surface area contributed by atoms with Crippen molar-refractivity contribution in [2.24, 2.45) is 0 Å². The van der Waals surface area contributed by atoms with E-state index < -0.39 is 5.60 Å². The van der Waals surface area contributed by atoms with Gasteiger partial charge in [-0.15, -0.1) is 0 Å². The van der Waals surface area contributed by atoms with Crippen LogP contribution in [0.3, 0.4) is 0 Å². The molecule has 2 aliphatic rings. The maximum Gasteiger partial charge on any atom is 0.410 e. The molecule has 0 aromatic rings. The highest BCUT2D eigenvalue weighted by atomic mass is 16.6. The summed E-state index contributed by atoms with van der Waals surface area (Å²) in [5.74, 6) is 0. The summed E-state index contributed by atoms with van der Waals surface area (Å²) in [6.45, 7) is 7.33. The fraction of sp³-hybridized carbons (Fsp3) is 0.857. The van der Waals surface area contributed by atoms with Crippen molar-refractivity contribution >= 4 is 12.2 Å². The Hall–Kier alpha value is -1.46. The van der Waals surface area contributed by atoms with Crippen molar-refractivity contribution < 1.29 is 19.1 Å². The number of amides is 2. The van der Waals surface area contributed by atoms with E-state index >= 15 is 0 Å². The molecule has 1 spiro atoms. The molecule has 2 aliphatic heterocycles. The van der Waals surface area contributed by atoms with E-state index in [0.29, 0.717) is 19.7 Å². The third-order valence-electron chi connectivity index (χ3n) is 3.78. The van der Waals surface area contributed by atoms with Gasteiger partial charge in [-0.05, 0) is 40.0 Å². The van der Waals surface area contributed by atoms with Crippen LogP contribution in [0.15, 0.2) is 0 Å². The van der Waals surface area contributed by atoms with Gasteiger partial charge in [-0.3, -0.25) is 0 Å². The molecule has 0 aromatic carbocycles. The summed E-state index contributed by atoms with van der Waals surface area (Å²) in [5, 5.41) is 2.94. The zero-order chi connectivity index (χ0) is 14.8. The Kier molecular flexibility index (Phi) is 4.11. The second kappa shape index (κ2) is 5.50. The Bertz CT molecular complexity index is 391. The number of carbonyl (C=O) groups excluding carboxylic acids is 2. The normalized spacial score (nSPS) is 27.6. The van der Waals surface area contributed by atoms with Gasteiger partial charge in [0.15, 0.2) is 0 Å². The molecule has 2 heterocycles. The van der Waals surface area contributed by atoms with Gasteiger partial charge in [0, 0.05) is 25.0 Å². The van der Waals surface area contributed by atoms with Crippen molar-refractivity contribution in [2.45, 2.75) is 57.6 Å². The van der Waals surface area contributed by atoms with E-state index in [1.807, 2.05) is 20.8 Å². The maximum absolute atomic E-state index is 12.1. The van der Waals surface area contributed by atoms with Gasteiger partial charge in [0.1, 0.15) is 5.60 Å². The molecule has 2 fully saturated rings. The van der Waals surface area contributed by atoms with Gasteiger partial charge in [-0.1, -0.05) is 0 Å². The average molecular weight is 284 g/mol. The zero-order valence-corrected chi connectivity index (χ0v) is 12.5. The number of nitrogens with one attached hydrogen (secondary N) is 1. The Morgan fingerprint density at radius 1 is 1.30 bits per heavy atom. The lowest BCUT2D eigenvalue weighted by atomic mass is 9.87. The van der Waals surface area contributed by atoms with Crippen LogP contribution in [0.1, 0.15) is 46.5 Å². The van der Waals surface area contributed by atoms with Crippen molar-refractivity contribution in [1.29, 1.82) is 0 Å². The fourth-order valence-electron chi connectivity index (χ4n) is 2.73. The minimum absolute atomic E-state index is 0.216. The summed E-state index contributed by atoms with van der Waals surface area (Å²) in [5.41, 5.74) is -0.694. The van der Waals surface area contributed by atoms with E-state index in [4.69, 9.17) is 9.47 Å². The lowest BCUT2D eigenvalue weighted by Crippen LogP contribution is -2.53. The summed E-state index contributed by atoms with van der Waals surface area (Å²) in [6, 6.07) is 0. The predicted octanol–water partition coefficient (Wildman–Crippen LogP) is 2.28. The van der Waals surface area contributed by atoms with Crippen molar-refractivity contribution in [1.82, 2.24) is 10.2 Å². The van der Waals surface area contributed by atoms with Gasteiger partial charge in [0.25, 0.3) is 0 Å². The SMILES string of the molecule is CC(C)(C)OC(=O)N1CCCC2(CCOC(=O)N2)CC1. The van der Waals surface area contributed by atoms with E-state index in [9.17, 15) is 9.59 Å². The zero-order valence-electron chi connectivity index (χ0n) is 12.5. The van der Waals surface area contributed by atoms with Crippen LogP contribution in [-0.2, 0) is 9.47 Å². The minimum Gasteiger partial charge on any atom is -0.449 e. The van der Waals surface area contributed by atoms with E-state index in [2.05, 4.69) is 5.32 Å². The second-order valence-corrected chi connectivity index (χ2v) is 6.61. The van der Waals surface area contributed by atoms with Crippen LogP contribution in [0, 0.1) is 0 Å². The molecule has 0 saturated carbocycles. The molecule has 0 aliphatic carbocycles. The largest absolute Gasteiger partial charge is 0.449 e. The van der Waals surface area contributed by atoms with Gasteiger partial charge in [-0.25, -0.2) is 9.59 Å². The Morgan fingerprint density at radius 3 is 2.70 bits per heavy atom. The van der Waals surface area contributed by atoms with Gasteiger partial charge in [0.2, 0.25) is 0 Å². The van der Waals surface area contributed by atoms with Gasteiger partial charge < -0.3 is 19.7 Å². The summed E-state index contributed by atoms with van der Waals surface area (Å²) >= 11 is 0. The first-order chi connectivity index (χ1) is 9.30. The quantitative estimate of drug-likeness (QED) is 0.741. The summed E-state index contributed by atoms with van der Waals surface area (Å²) < 4.78 is 10.3. The molecule has 1 N–H and O–H groups in total. The standard InChI is InChI=1S/C14H24N2O4/c1-13(2,3)20-12(18)16-8-4-5-14(6-9-16)7-10-19-11(17)15-14/h4-10H2,1-3H3,(H,15,17). The number of alkyl carbamates (subject to hydrolysis) is 1. The van der Waals surface area contributed by atoms with Crippen LogP contribution in [0.4, 0.5) is 9.59 Å². The molecule has 6 nitrogen and oxygen atoms in total. The molecular weight excluding hydrogens is 260 g/mol. The highest BCUT2D eigenvalue weighted by Gasteiger charge is 2.38. The molecule has 2 rings (SSSR count). The molecule has 2 amide bonds. The highest BCUT2D eigenvalue weighted by Crippen LogP contribution is 2.29. The molecular formula is C14H24N2O4. The number of hydrogen-bond donors (Lipinski definition) is 1. The van der Waals surface area contributed by atoms with Crippen molar-refractivity contribution in [3.8, 4) is 0 Å². The smallest absolute Gasteiger partial charge is 0.410 e. The number of cyclic esters (lactones) is 1. The fourth-order valence-corrected chi connectivity index (χ4v) is 2.73. The van der Waals surface area contributed by atoms with Crippen LogP contribution < -0.4 is 5.32 Å². The van der Waals surface area contributed by atoms with Crippen LogP contribution in [0.2, 0.25) is 0 Å². The van der Waals surface area contributed by atoms with Crippen LogP contribution in [0.5, 0.6) is 0 Å². The molecule has 0 aromatic heterocycles. The lowest BCUT2D eigenvalue weighted by molar-refractivity contribution is 0.0249. The average Bonchev–Trinajstić information content (AvgIpc) is 2.50. The van der Waals surface area contributed by atoms with Crippen LogP contribution in [0.25, 0.3) is 0 Å². The van der Waals surface area contributed by atoms with Crippen LogP contribution >= 0.6 is 0 Å². The monoisotopic (exact) mass is 284 g/mol. The predicted molar refractivity (Wildman–Crippen MR) is 73.5 cm³/mol. The number of nitrogens with zero attached hydrogens (tertiary/aromatic N) is 1. The molecule has 1 unspecified atom stereocenters. The van der Waals surface area contributed by atoms with Gasteiger partial charge >= 0.3 is 12.2 Å². The first-order valence-corrected chi connectivity index (χ1v) is 7.23. The van der Waals surface area contributed by atoms with E-state index in [1.54, 1.807) is 4.90 Å². The molecule has 2 saturated heterocycles. The Balaban J connectivity index is 1.95. The number of ether oxygens (including phenoxy) is 2. The van der Waals surface area contributed by atoms with Crippen molar-refractivity contribution in [3.63, 3.8) is 0 Å². The van der Waals surface area contributed by atoms with Crippen molar-refractivity contribution in [2.75, 3.05) is 19.7 Å². The molecule has 6 heteroatoms. The van der Waals surface area contributed by atoms with Crippen molar-refractivity contribution in [3.05, 3.63) is 0 Å². The number of rotatable bonds is 0. The van der Waals surface area contributed by atoms with Gasteiger partial charge in [-0.2, -0.15) is 0 Å². The number of likely N-dealkylation sites (tertiary alicyclic amines) is 1. The van der Waals surface area contributed by atoms with E-state index in [0.717, 1.165) is 25.7 Å². The molecule has 0 radical (unpaired) electrons. The van der Waals surface area contributed by atoms with E-state index in [1.165, 1.54) is 0 Å². The first-order valence-electron chi connectivity index (χ1n) is 7.23. The first kappa shape index (κ1) is 14.9. The lowest BCUT2D eigenvalue weighted by Gasteiger charge is -2.36. The third-order valence-corrected chi connectivity index (χ3v) is 3.78. The molecule has 114 valence electrons. The summed E-state index contributed by atoms with van der Waals surface area (Å²) in [4.78, 5) is 25.2. The Morgan fingerprint density at radius 2 is 2.05 bits per heavy atom. The molecule has 20 heavy (non-hydrogen) atoms. The number of carbonyl (C=O) groups is 2. The number of hydrogen-bond acceptors (Lipinski definition) is 4. The topological polar surface area (TPSA) is 67.9 Å². The second-order valence-electron chi connectivity index (χ2n) is 6.61. The maximum atomic E-state index is 12.1. The Labute approximate surface area is 119 Å². The third kappa shape index (κ3) is 3.77. The van der Waals surface area contributed by atoms with Gasteiger partial charge in [0.05, 0.1) is 6.61 Å². The molecule has 0 bridgehead atoms. The van der Waals surface area contributed by atoms with E-state index in [-0.39, 0.29) is 17.7 Å². The molecule has 1 atom stereocenters. The summed E-state index contributed by atoms with van der Waals surface area (Å²) in [7, 11) is 0. The van der Waals surface area contributed by atoms with Crippen LogP contribution in [-0.4, -0.2) is 47.9 Å². The minimum atomic E-state index is -0.478. The highest BCUT2D eigenvalue weighted by molar-refractivity contribution is 5.70.